The molecule has 0 unspecified atom stereocenters. The Kier molecular flexibility index (Phi) is 20.5. The van der Waals surface area contributed by atoms with Crippen molar-refractivity contribution in [3.63, 3.8) is 0 Å². The largest absolute Gasteiger partial charge is 0.489 e. The average molecular weight is 1240 g/mol. The molecule has 7 aromatic carbocycles. The zero-order chi connectivity index (χ0) is 61.4. The number of hydrogen-bond donors (Lipinski definition) is 1. The number of methoxy groups -OCH3 is 2. The van der Waals surface area contributed by atoms with Gasteiger partial charge in [0.2, 0.25) is 0 Å². The first-order valence-electron chi connectivity index (χ1n) is 31.4. The molecule has 11 aromatic rings. The molecule has 0 aliphatic heterocycles. The second kappa shape index (κ2) is 30.1. The summed E-state index contributed by atoms with van der Waals surface area (Å²) in [7, 11) is 2.88. The minimum absolute atomic E-state index is 0.294. The van der Waals surface area contributed by atoms with E-state index >= 15 is 0 Å². The second-order valence-corrected chi connectivity index (χ2v) is 25.2. The maximum absolute atomic E-state index is 12.8. The van der Waals surface area contributed by atoms with Crippen LogP contribution in [0.15, 0.2) is 200 Å². The van der Waals surface area contributed by atoms with E-state index in [1.165, 1.54) is 86.5 Å². The quantitative estimate of drug-likeness (QED) is 0.0493. The Labute approximate surface area is 535 Å². The van der Waals surface area contributed by atoms with Crippen molar-refractivity contribution in [2.24, 2.45) is 0 Å². The van der Waals surface area contributed by atoms with E-state index in [9.17, 15) is 9.59 Å². The number of carbonyl (C=O) groups excluding carboxylic acids is 2. The minimum atomic E-state index is -0.305. The predicted octanol–water partition coefficient (Wildman–Crippen LogP) is 19.5. The monoisotopic (exact) mass is 1240 g/mol. The van der Waals surface area contributed by atoms with Crippen molar-refractivity contribution in [2.45, 2.75) is 116 Å². The number of nitrogens with zero attached hydrogens (tertiary/aromatic N) is 1. The highest BCUT2D eigenvalue weighted by atomic mass is 32.1. The topological polar surface area (TPSA) is 119 Å². The van der Waals surface area contributed by atoms with Gasteiger partial charge in [0, 0.05) is 29.8 Å². The molecule has 2 saturated carbocycles. The van der Waals surface area contributed by atoms with Crippen LogP contribution in [0.3, 0.4) is 0 Å². The molecule has 13 heteroatoms. The van der Waals surface area contributed by atoms with Crippen LogP contribution >= 0.6 is 22.7 Å². The number of benzene rings is 7. The third-order valence-electron chi connectivity index (χ3n) is 17.1. The van der Waals surface area contributed by atoms with Crippen LogP contribution in [-0.2, 0) is 53.8 Å². The van der Waals surface area contributed by atoms with E-state index in [0.717, 1.165) is 119 Å². The summed E-state index contributed by atoms with van der Waals surface area (Å²) in [6.07, 6.45) is 11.8. The first-order valence-corrected chi connectivity index (χ1v) is 33.1. The second-order valence-electron chi connectivity index (χ2n) is 23.1. The molecule has 0 spiro atoms. The molecule has 0 atom stereocenters. The van der Waals surface area contributed by atoms with Gasteiger partial charge < -0.3 is 42.7 Å². The molecule has 90 heavy (non-hydrogen) atoms. The molecule has 0 radical (unpaired) electrons. The SMILES string of the molecule is COC(=O)c1cc2[nH]c(-c3ccc(OCc4ccccc4)cc3OCc3ccccc3)c(C3CCCCC3)c2s1.COC(=O)c1cc2c(s1)c(C1CCCCC1)c(-c1ccc(OCc3ccccc3)cc1OCc1ccccc1)n2CCOCc1ccccc1. The number of H-pyrrole nitrogens is 1. The summed E-state index contributed by atoms with van der Waals surface area (Å²) >= 11 is 3.06. The molecule has 11 nitrogen and oxygen atoms in total. The highest BCUT2D eigenvalue weighted by Gasteiger charge is 2.32. The number of carbonyl (C=O) groups is 2. The number of rotatable bonds is 23. The Hall–Kier alpha value is -8.88. The Balaban J connectivity index is 0.000000179. The number of aromatic nitrogens is 2. The molecule has 0 bridgehead atoms. The maximum atomic E-state index is 12.8. The van der Waals surface area contributed by atoms with Crippen LogP contribution in [0.4, 0.5) is 0 Å². The van der Waals surface area contributed by atoms with E-state index in [-0.39, 0.29) is 11.9 Å². The molecular formula is C77H76N2O9S2. The lowest BCUT2D eigenvalue weighted by Gasteiger charge is -2.24. The number of hydrogen-bond acceptors (Lipinski definition) is 11. The van der Waals surface area contributed by atoms with Gasteiger partial charge >= 0.3 is 11.9 Å². The van der Waals surface area contributed by atoms with Gasteiger partial charge in [-0.15, -0.1) is 22.7 Å². The van der Waals surface area contributed by atoms with Gasteiger partial charge in [-0.3, -0.25) is 0 Å². The van der Waals surface area contributed by atoms with Crippen molar-refractivity contribution < 1.29 is 42.7 Å². The average Bonchev–Trinajstić information content (AvgIpc) is 1.61. The fourth-order valence-corrected chi connectivity index (χ4v) is 14.9. The molecule has 0 saturated heterocycles. The van der Waals surface area contributed by atoms with Gasteiger partial charge in [-0.1, -0.05) is 190 Å². The standard InChI is InChI=1S/C43H43NO5S.C34H33NO4S/c1-46-43(45)39-27-37-42(50-39)40(34-20-12-5-13-21-34)41(44(37)24-25-47-28-31-14-6-2-7-15-31)36-23-22-35(48-29-32-16-8-3-9-17-32)26-38(36)49-30-33-18-10-4-11-19-33;1-37-34(36)30-20-28-33(40-30)31(25-15-9-4-10-16-25)32(35-28)27-18-17-26(38-21-23-11-5-2-6-12-23)19-29(27)39-22-24-13-7-3-8-14-24/h2-4,6-11,14-19,22-23,26-27,34H,5,12-13,20-21,24-25,28-30H2,1H3;2-3,5-8,11-14,17-20,25,35H,4,9-10,15-16,21-22H2,1H3. The van der Waals surface area contributed by atoms with Crippen LogP contribution in [0.25, 0.3) is 42.9 Å². The molecular weight excluding hydrogens is 1160 g/mol. The van der Waals surface area contributed by atoms with Crippen molar-refractivity contribution >= 4 is 55.0 Å². The van der Waals surface area contributed by atoms with Crippen LogP contribution in [0, 0.1) is 0 Å². The summed E-state index contributed by atoms with van der Waals surface area (Å²) in [5, 5.41) is 0. The van der Waals surface area contributed by atoms with Gasteiger partial charge in [-0.05, 0) is 113 Å². The van der Waals surface area contributed by atoms with E-state index < -0.39 is 0 Å². The Morgan fingerprint density at radius 1 is 0.456 bits per heavy atom. The fourth-order valence-electron chi connectivity index (χ4n) is 12.5. The zero-order valence-corrected chi connectivity index (χ0v) is 52.8. The molecule has 13 rings (SSSR count). The Morgan fingerprint density at radius 3 is 1.37 bits per heavy atom. The van der Waals surface area contributed by atoms with Crippen molar-refractivity contribution in [3.05, 3.63) is 249 Å². The number of fused-ring (bicyclic) bond motifs is 2. The van der Waals surface area contributed by atoms with Gasteiger partial charge in [0.1, 0.15) is 59.2 Å². The van der Waals surface area contributed by atoms with Gasteiger partial charge in [-0.25, -0.2) is 9.59 Å². The number of thiophene rings is 2. The number of aromatic amines is 1. The third-order valence-corrected chi connectivity index (χ3v) is 19.3. The van der Waals surface area contributed by atoms with Crippen molar-refractivity contribution in [3.8, 4) is 45.5 Å². The molecule has 2 fully saturated rings. The van der Waals surface area contributed by atoms with E-state index in [0.29, 0.717) is 67.8 Å². The third kappa shape index (κ3) is 14.9. The molecule has 460 valence electrons. The van der Waals surface area contributed by atoms with E-state index in [1.54, 1.807) is 0 Å². The molecule has 4 aromatic heterocycles. The lowest BCUT2D eigenvalue weighted by molar-refractivity contribution is 0.0597. The normalized spacial score (nSPS) is 13.6. The highest BCUT2D eigenvalue weighted by molar-refractivity contribution is 7.21. The minimum Gasteiger partial charge on any atom is -0.489 e. The summed E-state index contributed by atoms with van der Waals surface area (Å²) in [5.41, 5.74) is 14.4. The maximum Gasteiger partial charge on any atom is 0.348 e. The van der Waals surface area contributed by atoms with Gasteiger partial charge in [0.15, 0.2) is 0 Å². The number of ether oxygens (including phenoxy) is 7. The molecule has 2 aliphatic carbocycles. The summed E-state index contributed by atoms with van der Waals surface area (Å²) < 4.78 is 46.8. The molecule has 2 aliphatic rings. The predicted molar refractivity (Wildman–Crippen MR) is 360 cm³/mol. The van der Waals surface area contributed by atoms with Crippen LogP contribution < -0.4 is 18.9 Å². The van der Waals surface area contributed by atoms with E-state index in [4.69, 9.17) is 33.2 Å². The molecule has 4 heterocycles. The summed E-state index contributed by atoms with van der Waals surface area (Å²) in [5.74, 6) is 3.24. The summed E-state index contributed by atoms with van der Waals surface area (Å²) in [6, 6.07) is 67.4. The van der Waals surface area contributed by atoms with Gasteiger partial charge in [-0.2, -0.15) is 0 Å². The van der Waals surface area contributed by atoms with E-state index in [2.05, 4.69) is 88.4 Å². The van der Waals surface area contributed by atoms with Crippen LogP contribution in [-0.4, -0.2) is 42.3 Å². The number of esters is 2. The Bertz CT molecular complexity index is 4110. The van der Waals surface area contributed by atoms with Crippen LogP contribution in [0.5, 0.6) is 23.0 Å². The first kappa shape index (κ1) is 61.4. The first-order chi connectivity index (χ1) is 44.4. The smallest absolute Gasteiger partial charge is 0.348 e. The zero-order valence-electron chi connectivity index (χ0n) is 51.2. The van der Waals surface area contributed by atoms with Crippen molar-refractivity contribution in [1.82, 2.24) is 9.55 Å². The number of nitrogens with one attached hydrogen (secondary N) is 1. The lowest BCUT2D eigenvalue weighted by atomic mass is 9.83. The van der Waals surface area contributed by atoms with E-state index in [1.807, 2.05) is 121 Å². The lowest BCUT2D eigenvalue weighted by Crippen LogP contribution is -2.11. The van der Waals surface area contributed by atoms with Crippen molar-refractivity contribution in [2.75, 3.05) is 20.8 Å². The molecule has 1 N–H and O–H groups in total. The fraction of sp³-hybridized carbons (Fsp3) is 0.273. The van der Waals surface area contributed by atoms with Crippen molar-refractivity contribution in [1.29, 1.82) is 0 Å². The highest BCUT2D eigenvalue weighted by Crippen LogP contribution is 2.51. The summed E-state index contributed by atoms with van der Waals surface area (Å²) in [6.45, 7) is 3.50. The Morgan fingerprint density at radius 2 is 0.878 bits per heavy atom. The van der Waals surface area contributed by atoms with Crippen LogP contribution in [0.2, 0.25) is 0 Å². The van der Waals surface area contributed by atoms with Gasteiger partial charge in [0.25, 0.3) is 0 Å². The summed E-state index contributed by atoms with van der Waals surface area (Å²) in [4.78, 5) is 30.1. The molecule has 0 amide bonds. The van der Waals surface area contributed by atoms with Gasteiger partial charge in [0.05, 0.1) is 59.3 Å². The van der Waals surface area contributed by atoms with Crippen LogP contribution in [0.1, 0.15) is 134 Å².